The van der Waals surface area contributed by atoms with Crippen molar-refractivity contribution in [3.63, 3.8) is 0 Å². The average molecular weight is 805 g/mol. The molecule has 0 amide bonds. The van der Waals surface area contributed by atoms with E-state index in [1.807, 2.05) is 0 Å². The molecule has 0 atom stereocenters. The summed E-state index contributed by atoms with van der Waals surface area (Å²) in [7, 11) is 0. The topological polar surface area (TPSA) is 0 Å². The molecule has 292 valence electrons. The van der Waals surface area contributed by atoms with E-state index in [4.69, 9.17) is 0 Å². The Hall–Kier alpha value is -8.32. The average Bonchev–Trinajstić information content (AvgIpc) is 3.99. The molecular weight excluding hydrogens is 769 g/mol. The van der Waals surface area contributed by atoms with Crippen LogP contribution in [0.25, 0.3) is 153 Å². The van der Waals surface area contributed by atoms with Gasteiger partial charge in [-0.25, -0.2) is 0 Å². The minimum absolute atomic E-state index is 1.22. The lowest BCUT2D eigenvalue weighted by Gasteiger charge is -2.19. The maximum atomic E-state index is 2.54. The van der Waals surface area contributed by atoms with Crippen LogP contribution in [0.15, 0.2) is 218 Å². The zero-order chi connectivity index (χ0) is 41.6. The maximum Gasteiger partial charge on any atom is -0.000719 e. The smallest absolute Gasteiger partial charge is 0.000719 e. The molecule has 0 unspecified atom stereocenters. The van der Waals surface area contributed by atoms with Gasteiger partial charge in [-0.15, -0.1) is 0 Å². The van der Waals surface area contributed by atoms with Crippen molar-refractivity contribution in [2.75, 3.05) is 0 Å². The Morgan fingerprint density at radius 2 is 0.719 bits per heavy atom. The Labute approximate surface area is 369 Å². The van der Waals surface area contributed by atoms with E-state index in [1.54, 1.807) is 0 Å². The van der Waals surface area contributed by atoms with Crippen LogP contribution < -0.4 is 0 Å². The molecule has 0 N–H and O–H groups in total. The van der Waals surface area contributed by atoms with Crippen LogP contribution in [0.1, 0.15) is 0 Å². The molecule has 14 aromatic rings. The van der Waals surface area contributed by atoms with Crippen molar-refractivity contribution >= 4 is 86.2 Å². The molecular formula is C64H36. The molecule has 0 heteroatoms. The van der Waals surface area contributed by atoms with Crippen molar-refractivity contribution in [2.24, 2.45) is 0 Å². The highest BCUT2D eigenvalue weighted by atomic mass is 14.3. The summed E-state index contributed by atoms with van der Waals surface area (Å²) in [6, 6.07) is 82.3. The zero-order valence-electron chi connectivity index (χ0n) is 34.8. The van der Waals surface area contributed by atoms with Crippen LogP contribution in [-0.2, 0) is 0 Å². The van der Waals surface area contributed by atoms with Crippen LogP contribution >= 0.6 is 0 Å². The fourth-order valence-electron chi connectivity index (χ4n) is 12.1. The van der Waals surface area contributed by atoms with E-state index in [-0.39, 0.29) is 0 Å². The number of hydrogen-bond donors (Lipinski definition) is 0. The molecule has 0 heterocycles. The van der Waals surface area contributed by atoms with Crippen molar-refractivity contribution in [1.82, 2.24) is 0 Å². The monoisotopic (exact) mass is 804 g/mol. The third kappa shape index (κ3) is 4.46. The SMILES string of the molecule is c1ccc(-c2cccc(-c3c4cc5c6ccccc6c6cccc(c4c(-c4ccccc4)c4c7ccc(-c8ccc9c(c8)-c8cccc%10cccc-9c8%10)c8cccc(c34)c87)c65)c2)cc1. The van der Waals surface area contributed by atoms with E-state index in [0.29, 0.717) is 0 Å². The van der Waals surface area contributed by atoms with Crippen LogP contribution in [0.5, 0.6) is 0 Å². The Morgan fingerprint density at radius 1 is 0.172 bits per heavy atom. The number of fused-ring (bicyclic) bond motifs is 11. The Morgan fingerprint density at radius 3 is 1.52 bits per heavy atom. The Bertz CT molecular complexity index is 4260. The largest absolute Gasteiger partial charge is 0.0622 e. The lowest BCUT2D eigenvalue weighted by molar-refractivity contribution is 1.61. The highest BCUT2D eigenvalue weighted by Gasteiger charge is 2.28. The lowest BCUT2D eigenvalue weighted by Crippen LogP contribution is -1.91. The second kappa shape index (κ2) is 12.6. The fourth-order valence-corrected chi connectivity index (χ4v) is 12.1. The van der Waals surface area contributed by atoms with Gasteiger partial charge in [-0.2, -0.15) is 0 Å². The van der Waals surface area contributed by atoms with Gasteiger partial charge in [-0.05, 0) is 171 Å². The number of rotatable bonds is 4. The molecule has 64 heavy (non-hydrogen) atoms. The van der Waals surface area contributed by atoms with Crippen LogP contribution in [0.2, 0.25) is 0 Å². The first-order chi connectivity index (χ1) is 31.8. The van der Waals surface area contributed by atoms with Gasteiger partial charge in [-0.3, -0.25) is 0 Å². The first kappa shape index (κ1) is 34.3. The fraction of sp³-hybridized carbons (Fsp3) is 0. The van der Waals surface area contributed by atoms with E-state index < -0.39 is 0 Å². The van der Waals surface area contributed by atoms with Gasteiger partial charge in [0.25, 0.3) is 0 Å². The molecule has 15 rings (SSSR count). The second-order valence-electron chi connectivity index (χ2n) is 17.8. The van der Waals surface area contributed by atoms with Crippen molar-refractivity contribution in [3.05, 3.63) is 218 Å². The molecule has 0 saturated carbocycles. The molecule has 1 aliphatic carbocycles. The van der Waals surface area contributed by atoms with Gasteiger partial charge in [0.1, 0.15) is 0 Å². The molecule has 0 radical (unpaired) electrons. The number of benzene rings is 12. The molecule has 0 nitrogen and oxygen atoms in total. The first-order valence-electron chi connectivity index (χ1n) is 22.4. The van der Waals surface area contributed by atoms with E-state index >= 15 is 0 Å². The second-order valence-corrected chi connectivity index (χ2v) is 17.8. The van der Waals surface area contributed by atoms with Crippen molar-refractivity contribution in [1.29, 1.82) is 0 Å². The summed E-state index contributed by atoms with van der Waals surface area (Å²) in [5.74, 6) is 0. The van der Waals surface area contributed by atoms with E-state index in [2.05, 4.69) is 218 Å². The van der Waals surface area contributed by atoms with Crippen molar-refractivity contribution in [3.8, 4) is 66.8 Å². The summed E-state index contributed by atoms with van der Waals surface area (Å²) in [5, 5.41) is 21.0. The van der Waals surface area contributed by atoms with Crippen LogP contribution in [0.4, 0.5) is 0 Å². The quantitative estimate of drug-likeness (QED) is 0.155. The minimum atomic E-state index is 1.22. The number of hydrogen-bond acceptors (Lipinski definition) is 0. The third-order valence-corrected chi connectivity index (χ3v) is 14.7. The van der Waals surface area contributed by atoms with E-state index in [9.17, 15) is 0 Å². The predicted octanol–water partition coefficient (Wildman–Crippen LogP) is 18.1. The summed E-state index contributed by atoms with van der Waals surface area (Å²) < 4.78 is 0. The van der Waals surface area contributed by atoms with Gasteiger partial charge in [-0.1, -0.05) is 200 Å². The highest BCUT2D eigenvalue weighted by molar-refractivity contribution is 6.45. The Balaban J connectivity index is 1.12. The zero-order valence-corrected chi connectivity index (χ0v) is 34.8. The van der Waals surface area contributed by atoms with Crippen molar-refractivity contribution < 1.29 is 0 Å². The van der Waals surface area contributed by atoms with E-state index in [0.717, 1.165) is 0 Å². The summed E-state index contributed by atoms with van der Waals surface area (Å²) in [6.45, 7) is 0. The van der Waals surface area contributed by atoms with Gasteiger partial charge >= 0.3 is 0 Å². The molecule has 0 fully saturated rings. The molecule has 14 aromatic carbocycles. The summed E-state index contributed by atoms with van der Waals surface area (Å²) in [6.07, 6.45) is 0. The first-order valence-corrected chi connectivity index (χ1v) is 22.4. The van der Waals surface area contributed by atoms with E-state index in [1.165, 1.54) is 153 Å². The summed E-state index contributed by atoms with van der Waals surface area (Å²) >= 11 is 0. The van der Waals surface area contributed by atoms with Gasteiger partial charge < -0.3 is 0 Å². The Kier molecular flexibility index (Phi) is 6.77. The summed E-state index contributed by atoms with van der Waals surface area (Å²) in [4.78, 5) is 0. The van der Waals surface area contributed by atoms with Gasteiger partial charge in [0, 0.05) is 0 Å². The van der Waals surface area contributed by atoms with Crippen molar-refractivity contribution in [2.45, 2.75) is 0 Å². The molecule has 0 bridgehead atoms. The third-order valence-electron chi connectivity index (χ3n) is 14.7. The minimum Gasteiger partial charge on any atom is -0.0622 e. The standard InChI is InChI=1S/C64H36/c1-3-14-37(15-4-1)40-20-9-21-42(34-40)58-56-36-55-45-23-8-7-22-44(45)49-27-13-28-51(61(49)55)62(56)59(39-16-5-2-6-17-39)64-53-33-32-43(47-26-12-29-52(60(47)53)63(58)64)41-30-31-46-48-24-10-18-38-19-11-25-50(57(38)48)54(46)35-41/h1-36H. The van der Waals surface area contributed by atoms with Gasteiger partial charge in [0.05, 0.1) is 0 Å². The van der Waals surface area contributed by atoms with Crippen LogP contribution in [0.3, 0.4) is 0 Å². The van der Waals surface area contributed by atoms with Crippen LogP contribution in [0, 0.1) is 0 Å². The lowest BCUT2D eigenvalue weighted by atomic mass is 9.83. The normalized spacial score (nSPS) is 12.4. The van der Waals surface area contributed by atoms with Gasteiger partial charge in [0.15, 0.2) is 0 Å². The molecule has 0 aliphatic heterocycles. The molecule has 0 spiro atoms. The van der Waals surface area contributed by atoms with Crippen LogP contribution in [-0.4, -0.2) is 0 Å². The highest BCUT2D eigenvalue weighted by Crippen LogP contribution is 2.56. The molecule has 1 aliphatic rings. The summed E-state index contributed by atoms with van der Waals surface area (Å²) in [5.41, 5.74) is 15.3. The maximum absolute atomic E-state index is 2.54. The predicted molar refractivity (Wildman–Crippen MR) is 275 cm³/mol. The van der Waals surface area contributed by atoms with Gasteiger partial charge in [0.2, 0.25) is 0 Å². The molecule has 0 saturated heterocycles. The molecule has 0 aromatic heterocycles.